The van der Waals surface area contributed by atoms with E-state index in [1.807, 2.05) is 24.3 Å². The number of aromatic nitrogens is 1. The molecule has 3 nitrogen and oxygen atoms in total. The molecule has 104 valence electrons. The molecular weight excluding hydrogens is 248 g/mol. The van der Waals surface area contributed by atoms with Gasteiger partial charge in [0.05, 0.1) is 0 Å². The van der Waals surface area contributed by atoms with Gasteiger partial charge in [-0.1, -0.05) is 36.4 Å². The van der Waals surface area contributed by atoms with Gasteiger partial charge >= 0.3 is 0 Å². The van der Waals surface area contributed by atoms with Gasteiger partial charge in [0.25, 0.3) is 0 Å². The number of carbonyl (C=O) groups excluding carboxylic acids is 1. The zero-order valence-electron chi connectivity index (χ0n) is 11.8. The van der Waals surface area contributed by atoms with Crippen LogP contribution in [0.2, 0.25) is 0 Å². The van der Waals surface area contributed by atoms with E-state index in [2.05, 4.69) is 34.6 Å². The highest BCUT2D eigenvalue weighted by Crippen LogP contribution is 2.10. The van der Waals surface area contributed by atoms with E-state index in [9.17, 15) is 4.79 Å². The molecular formula is C17H20N2O. The number of hydrogen-bond donors (Lipinski definition) is 1. The summed E-state index contributed by atoms with van der Waals surface area (Å²) in [7, 11) is 0. The van der Waals surface area contributed by atoms with Crippen molar-refractivity contribution >= 4 is 11.7 Å². The van der Waals surface area contributed by atoms with Crippen LogP contribution in [0.4, 0.5) is 5.82 Å². The maximum Gasteiger partial charge on any atom is 0.222 e. The fourth-order valence-corrected chi connectivity index (χ4v) is 2.15. The Bertz CT molecular complexity index is 552. The largest absolute Gasteiger partial charge is 0.311 e. The lowest BCUT2D eigenvalue weighted by Crippen LogP contribution is -2.08. The Kier molecular flexibility index (Phi) is 5.30. The van der Waals surface area contributed by atoms with Crippen molar-refractivity contribution in [2.24, 2.45) is 0 Å². The Morgan fingerprint density at radius 1 is 1.00 bits per heavy atom. The second kappa shape index (κ2) is 7.43. The molecule has 1 aromatic heterocycles. The van der Waals surface area contributed by atoms with Gasteiger partial charge in [-0.25, -0.2) is 4.98 Å². The molecule has 1 aromatic carbocycles. The maximum absolute atomic E-state index is 11.0. The molecule has 0 bridgehead atoms. The van der Waals surface area contributed by atoms with Gasteiger partial charge in [0.15, 0.2) is 0 Å². The summed E-state index contributed by atoms with van der Waals surface area (Å²) in [6, 6.07) is 16.3. The van der Waals surface area contributed by atoms with Crippen LogP contribution in [-0.4, -0.2) is 10.9 Å². The van der Waals surface area contributed by atoms with Crippen LogP contribution in [0.1, 0.15) is 31.0 Å². The van der Waals surface area contributed by atoms with Crippen molar-refractivity contribution in [3.63, 3.8) is 0 Å². The second-order valence-corrected chi connectivity index (χ2v) is 4.89. The molecule has 0 unspecified atom stereocenters. The van der Waals surface area contributed by atoms with Crippen molar-refractivity contribution in [2.75, 3.05) is 5.32 Å². The molecule has 0 spiro atoms. The molecule has 20 heavy (non-hydrogen) atoms. The summed E-state index contributed by atoms with van der Waals surface area (Å²) >= 11 is 0. The second-order valence-electron chi connectivity index (χ2n) is 4.89. The first kappa shape index (κ1) is 14.3. The highest BCUT2D eigenvalue weighted by atomic mass is 16.1. The van der Waals surface area contributed by atoms with Crippen LogP contribution in [0.5, 0.6) is 0 Å². The number of rotatable bonds is 6. The van der Waals surface area contributed by atoms with Gasteiger partial charge in [0.1, 0.15) is 5.82 Å². The number of nitrogens with zero attached hydrogens (tertiary/aromatic N) is 1. The lowest BCUT2D eigenvalue weighted by atomic mass is 10.1. The Hall–Kier alpha value is -2.16. The van der Waals surface area contributed by atoms with Crippen LogP contribution >= 0.6 is 0 Å². The number of nitrogens with one attached hydrogen (secondary N) is 1. The zero-order valence-corrected chi connectivity index (χ0v) is 11.8. The summed E-state index contributed by atoms with van der Waals surface area (Å²) in [6.07, 6.45) is 4.30. The van der Waals surface area contributed by atoms with Gasteiger partial charge in [0.2, 0.25) is 5.91 Å². The van der Waals surface area contributed by atoms with Crippen LogP contribution in [0.15, 0.2) is 48.5 Å². The SMILES string of the molecule is CC(=O)Nc1cccc(CCCCc2ccccc2)n1. The van der Waals surface area contributed by atoms with E-state index in [4.69, 9.17) is 0 Å². The number of pyridine rings is 1. The lowest BCUT2D eigenvalue weighted by molar-refractivity contribution is -0.114. The van der Waals surface area contributed by atoms with Crippen LogP contribution in [0.3, 0.4) is 0 Å². The van der Waals surface area contributed by atoms with Crippen LogP contribution in [0.25, 0.3) is 0 Å². The number of amides is 1. The molecule has 2 rings (SSSR count). The summed E-state index contributed by atoms with van der Waals surface area (Å²) in [4.78, 5) is 15.4. The Balaban J connectivity index is 1.78. The molecule has 0 aliphatic carbocycles. The highest BCUT2D eigenvalue weighted by molar-refractivity contribution is 5.87. The number of hydrogen-bond acceptors (Lipinski definition) is 2. The average Bonchev–Trinajstić information content (AvgIpc) is 2.44. The van der Waals surface area contributed by atoms with Crippen LogP contribution in [0, 0.1) is 0 Å². The van der Waals surface area contributed by atoms with Crippen molar-refractivity contribution in [3.8, 4) is 0 Å². The fraction of sp³-hybridized carbons (Fsp3) is 0.294. The van der Waals surface area contributed by atoms with E-state index < -0.39 is 0 Å². The minimum absolute atomic E-state index is 0.0845. The summed E-state index contributed by atoms with van der Waals surface area (Å²) in [5.74, 6) is 0.553. The van der Waals surface area contributed by atoms with E-state index in [1.165, 1.54) is 12.5 Å². The third-order valence-corrected chi connectivity index (χ3v) is 3.10. The summed E-state index contributed by atoms with van der Waals surface area (Å²) < 4.78 is 0. The summed E-state index contributed by atoms with van der Waals surface area (Å²) in [5.41, 5.74) is 2.41. The van der Waals surface area contributed by atoms with E-state index in [0.717, 1.165) is 31.4 Å². The topological polar surface area (TPSA) is 42.0 Å². The smallest absolute Gasteiger partial charge is 0.222 e. The molecule has 0 fully saturated rings. The fourth-order valence-electron chi connectivity index (χ4n) is 2.15. The van der Waals surface area contributed by atoms with Crippen molar-refractivity contribution in [1.29, 1.82) is 0 Å². The number of anilines is 1. The van der Waals surface area contributed by atoms with Crippen molar-refractivity contribution < 1.29 is 4.79 Å². The van der Waals surface area contributed by atoms with Crippen molar-refractivity contribution in [2.45, 2.75) is 32.6 Å². The van der Waals surface area contributed by atoms with Crippen LogP contribution in [-0.2, 0) is 17.6 Å². The van der Waals surface area contributed by atoms with E-state index >= 15 is 0 Å². The number of unbranched alkanes of at least 4 members (excludes halogenated alkanes) is 1. The molecule has 0 saturated heterocycles. The number of carbonyl (C=O) groups is 1. The minimum Gasteiger partial charge on any atom is -0.311 e. The van der Waals surface area contributed by atoms with Crippen LogP contribution < -0.4 is 5.32 Å². The Morgan fingerprint density at radius 3 is 2.50 bits per heavy atom. The van der Waals surface area contributed by atoms with Gasteiger partial charge in [-0.2, -0.15) is 0 Å². The molecule has 1 amide bonds. The normalized spacial score (nSPS) is 10.2. The van der Waals surface area contributed by atoms with Gasteiger partial charge < -0.3 is 5.32 Å². The molecule has 0 radical (unpaired) electrons. The third-order valence-electron chi connectivity index (χ3n) is 3.10. The Morgan fingerprint density at radius 2 is 1.75 bits per heavy atom. The first-order valence-electron chi connectivity index (χ1n) is 7.01. The van der Waals surface area contributed by atoms with Gasteiger partial charge in [-0.05, 0) is 43.4 Å². The van der Waals surface area contributed by atoms with Gasteiger partial charge in [-0.3, -0.25) is 4.79 Å². The van der Waals surface area contributed by atoms with E-state index in [-0.39, 0.29) is 5.91 Å². The molecule has 2 aromatic rings. The molecule has 1 heterocycles. The monoisotopic (exact) mass is 268 g/mol. The van der Waals surface area contributed by atoms with E-state index in [0.29, 0.717) is 5.82 Å². The molecule has 3 heteroatoms. The third kappa shape index (κ3) is 4.84. The molecule has 0 atom stereocenters. The van der Waals surface area contributed by atoms with Gasteiger partial charge in [0, 0.05) is 12.6 Å². The first-order chi connectivity index (χ1) is 9.74. The average molecular weight is 268 g/mol. The highest BCUT2D eigenvalue weighted by Gasteiger charge is 2.00. The molecule has 0 aliphatic rings. The van der Waals surface area contributed by atoms with Crippen molar-refractivity contribution in [3.05, 3.63) is 59.8 Å². The predicted molar refractivity (Wildman–Crippen MR) is 81.6 cm³/mol. The molecule has 1 N–H and O–H groups in total. The molecule has 0 saturated carbocycles. The van der Waals surface area contributed by atoms with Crippen molar-refractivity contribution in [1.82, 2.24) is 4.98 Å². The quantitative estimate of drug-likeness (QED) is 0.813. The standard InChI is InChI=1S/C17H20N2O/c1-14(20)18-17-13-7-12-16(19-17)11-6-5-10-15-8-3-2-4-9-15/h2-4,7-9,12-13H,5-6,10-11H2,1H3,(H,18,19,20). The first-order valence-corrected chi connectivity index (χ1v) is 7.01. The predicted octanol–water partition coefficient (Wildman–Crippen LogP) is 3.61. The number of benzene rings is 1. The summed E-state index contributed by atoms with van der Waals surface area (Å²) in [5, 5.41) is 2.71. The maximum atomic E-state index is 11.0. The van der Waals surface area contributed by atoms with Gasteiger partial charge in [-0.15, -0.1) is 0 Å². The lowest BCUT2D eigenvalue weighted by Gasteiger charge is -2.05. The number of aryl methyl sites for hydroxylation is 2. The molecule has 0 aliphatic heterocycles. The minimum atomic E-state index is -0.0845. The Labute approximate surface area is 120 Å². The zero-order chi connectivity index (χ0) is 14.2. The summed E-state index contributed by atoms with van der Waals surface area (Å²) in [6.45, 7) is 1.49. The van der Waals surface area contributed by atoms with E-state index in [1.54, 1.807) is 0 Å².